The predicted molar refractivity (Wildman–Crippen MR) is 36.0 cm³/mol. The van der Waals surface area contributed by atoms with Crippen LogP contribution in [0.2, 0.25) is 0 Å². The van der Waals surface area contributed by atoms with Crippen LogP contribution in [0.25, 0.3) is 0 Å². The van der Waals surface area contributed by atoms with Crippen molar-refractivity contribution in [2.45, 2.75) is 6.92 Å². The van der Waals surface area contributed by atoms with E-state index < -0.39 is 0 Å². The Balaban J connectivity index is 0. The molecule has 0 amide bonds. The van der Waals surface area contributed by atoms with Crippen molar-refractivity contribution >= 4 is 39.7 Å². The van der Waals surface area contributed by atoms with Crippen molar-refractivity contribution in [3.05, 3.63) is 6.92 Å². The van der Waals surface area contributed by atoms with Gasteiger partial charge in [-0.2, -0.15) is 0 Å². The third-order valence-corrected chi connectivity index (χ3v) is 0. The first-order valence-corrected chi connectivity index (χ1v) is 9.04. The maximum Gasteiger partial charge on any atom is 0.435 e. The molecule has 3 heteroatoms. The lowest BCUT2D eigenvalue weighted by Gasteiger charge is -1.33. The van der Waals surface area contributed by atoms with Crippen molar-refractivity contribution in [2.75, 3.05) is 0 Å². The normalized spacial score (nSPS) is 4.00. The van der Waals surface area contributed by atoms with Gasteiger partial charge in [0.05, 0.1) is 0 Å². The predicted octanol–water partition coefficient (Wildman–Crippen LogP) is 1.88. The SMILES string of the molecule is [Br][AlH][Br].[CH2]C. The minimum absolute atomic E-state index is 0.0417. The van der Waals surface area contributed by atoms with E-state index in [2.05, 4.69) is 35.0 Å². The van der Waals surface area contributed by atoms with Crippen molar-refractivity contribution in [1.29, 1.82) is 0 Å². The van der Waals surface area contributed by atoms with Crippen molar-refractivity contribution in [3.63, 3.8) is 0 Å². The van der Waals surface area contributed by atoms with Gasteiger partial charge in [-0.3, -0.25) is 0 Å². The molecule has 0 fully saturated rings. The Morgan fingerprint density at radius 3 is 1.40 bits per heavy atom. The highest BCUT2D eigenvalue weighted by molar-refractivity contribution is 9.47. The Morgan fingerprint density at radius 2 is 1.40 bits per heavy atom. The Morgan fingerprint density at radius 1 is 1.40 bits per heavy atom. The zero-order valence-electron chi connectivity index (χ0n) is 3.17. The molecule has 0 aliphatic carbocycles. The van der Waals surface area contributed by atoms with Crippen LogP contribution in [-0.2, 0) is 0 Å². The van der Waals surface area contributed by atoms with Crippen LogP contribution >= 0.6 is 28.1 Å². The maximum atomic E-state index is 3.25. The van der Waals surface area contributed by atoms with Gasteiger partial charge in [-0.15, -0.1) is 0 Å². The van der Waals surface area contributed by atoms with Gasteiger partial charge in [0, 0.05) is 0 Å². The van der Waals surface area contributed by atoms with E-state index in [0.717, 1.165) is 0 Å². The average Bonchev–Trinajstić information content (AvgIpc) is 1.46. The molecular formula is C2H6AlBr2. The molecule has 0 heterocycles. The summed E-state index contributed by atoms with van der Waals surface area (Å²) in [6, 6.07) is 0. The smallest absolute Gasteiger partial charge is 0.203 e. The van der Waals surface area contributed by atoms with Crippen LogP contribution in [0.4, 0.5) is 0 Å². The molecule has 0 aliphatic heterocycles. The second kappa shape index (κ2) is 17.8. The zero-order valence-corrected chi connectivity index (χ0v) is 7.76. The highest BCUT2D eigenvalue weighted by atomic mass is 79.9. The van der Waals surface area contributed by atoms with Crippen LogP contribution in [0.5, 0.6) is 0 Å². The summed E-state index contributed by atoms with van der Waals surface area (Å²) in [5, 5.41) is 0. The standard InChI is InChI=1S/C2H5.Al.2BrH.H/c1-2;;;;/h1H2,2H3;;2*1H;/q;+2;;;/p-2. The van der Waals surface area contributed by atoms with Gasteiger partial charge in [0.1, 0.15) is 0 Å². The quantitative estimate of drug-likeness (QED) is 0.543. The van der Waals surface area contributed by atoms with Gasteiger partial charge < -0.3 is 0 Å². The van der Waals surface area contributed by atoms with Crippen LogP contribution < -0.4 is 0 Å². The highest BCUT2D eigenvalue weighted by Gasteiger charge is 1.57. The van der Waals surface area contributed by atoms with E-state index in [1.54, 1.807) is 6.92 Å². The molecule has 0 aromatic heterocycles. The van der Waals surface area contributed by atoms with E-state index in [4.69, 9.17) is 0 Å². The summed E-state index contributed by atoms with van der Waals surface area (Å²) >= 11 is 6.44. The third-order valence-electron chi connectivity index (χ3n) is 0. The monoisotopic (exact) mass is 215 g/mol. The molecule has 0 N–H and O–H groups in total. The molecule has 1 radical (unpaired) electrons. The fourth-order valence-corrected chi connectivity index (χ4v) is 0. The van der Waals surface area contributed by atoms with Crippen molar-refractivity contribution in [3.8, 4) is 0 Å². The van der Waals surface area contributed by atoms with Gasteiger partial charge in [0.15, 0.2) is 0 Å². The number of hydrogen-bond donors (Lipinski definition) is 0. The van der Waals surface area contributed by atoms with E-state index >= 15 is 0 Å². The molecule has 5 heavy (non-hydrogen) atoms. The van der Waals surface area contributed by atoms with E-state index in [0.29, 0.717) is 0 Å². The molecule has 0 aliphatic rings. The molecule has 0 unspecified atom stereocenters. The summed E-state index contributed by atoms with van der Waals surface area (Å²) in [6.45, 7) is 5.00. The molecule has 0 rings (SSSR count). The summed E-state index contributed by atoms with van der Waals surface area (Å²) in [4.78, 5) is 0. The number of rotatable bonds is 0. The van der Waals surface area contributed by atoms with E-state index in [9.17, 15) is 0 Å². The summed E-state index contributed by atoms with van der Waals surface area (Å²) < 4.78 is 0. The topological polar surface area (TPSA) is 0 Å². The Bertz CT molecular complexity index is 7.61. The summed E-state index contributed by atoms with van der Waals surface area (Å²) in [5.41, 5.74) is 0. The first-order chi connectivity index (χ1) is 2.41. The van der Waals surface area contributed by atoms with Crippen LogP contribution in [0.1, 0.15) is 6.92 Å². The minimum atomic E-state index is 0.0417. The average molecular weight is 217 g/mol. The number of halogens is 2. The molecule has 31 valence electrons. The van der Waals surface area contributed by atoms with Crippen LogP contribution in [0, 0.1) is 6.92 Å². The van der Waals surface area contributed by atoms with E-state index in [-0.39, 0.29) is 11.6 Å². The summed E-state index contributed by atoms with van der Waals surface area (Å²) in [7, 11) is 0. The minimum Gasteiger partial charge on any atom is -0.203 e. The molecule has 0 spiro atoms. The maximum absolute atomic E-state index is 3.25. The highest BCUT2D eigenvalue weighted by Crippen LogP contribution is 1.77. The third kappa shape index (κ3) is 30.1. The van der Waals surface area contributed by atoms with E-state index in [1.165, 1.54) is 0 Å². The molecule has 0 aromatic carbocycles. The Hall–Kier alpha value is 1.49. The Labute approximate surface area is 53.3 Å². The van der Waals surface area contributed by atoms with Gasteiger partial charge in [-0.25, -0.2) is 28.1 Å². The van der Waals surface area contributed by atoms with E-state index in [1.807, 2.05) is 0 Å². The Kier molecular flexibility index (Phi) is 34.6. The van der Waals surface area contributed by atoms with Gasteiger partial charge >= 0.3 is 11.6 Å². The van der Waals surface area contributed by atoms with Crippen molar-refractivity contribution in [2.24, 2.45) is 0 Å². The summed E-state index contributed by atoms with van der Waals surface area (Å²) in [5.74, 6) is 0. The molecule has 0 saturated carbocycles. The van der Waals surface area contributed by atoms with Gasteiger partial charge in [0.25, 0.3) is 0 Å². The second-order valence-corrected chi connectivity index (χ2v) is 8.18. The molecular weight excluding hydrogens is 211 g/mol. The molecule has 0 nitrogen and oxygen atoms in total. The molecule has 0 aromatic rings. The van der Waals surface area contributed by atoms with Crippen LogP contribution in [0.3, 0.4) is 0 Å². The van der Waals surface area contributed by atoms with Crippen LogP contribution in [-0.4, -0.2) is 11.6 Å². The van der Waals surface area contributed by atoms with Gasteiger partial charge in [0.2, 0.25) is 0 Å². The zero-order chi connectivity index (χ0) is 4.71. The first-order valence-electron chi connectivity index (χ1n) is 1.24. The molecule has 0 saturated heterocycles. The van der Waals surface area contributed by atoms with Gasteiger partial charge in [-0.1, -0.05) is 13.8 Å². The summed E-state index contributed by atoms with van der Waals surface area (Å²) in [6.07, 6.45) is 0. The largest absolute Gasteiger partial charge is 0.435 e. The lowest BCUT2D eigenvalue weighted by Crippen LogP contribution is -1.31. The van der Waals surface area contributed by atoms with Gasteiger partial charge in [-0.05, 0) is 0 Å². The lowest BCUT2D eigenvalue weighted by atomic mass is 11.0. The number of hydrogen-bond acceptors (Lipinski definition) is 0. The fourth-order valence-electron chi connectivity index (χ4n) is 0. The lowest BCUT2D eigenvalue weighted by molar-refractivity contribution is 1.81. The van der Waals surface area contributed by atoms with Crippen molar-refractivity contribution in [1.82, 2.24) is 0 Å². The second-order valence-electron chi connectivity index (χ2n) is 0.101. The first kappa shape index (κ1) is 9.70. The molecule has 0 bridgehead atoms. The van der Waals surface area contributed by atoms with Crippen molar-refractivity contribution < 1.29 is 0 Å². The fraction of sp³-hybridized carbons (Fsp3) is 0.500. The molecule has 0 atom stereocenters. The van der Waals surface area contributed by atoms with Crippen LogP contribution in [0.15, 0.2) is 0 Å².